The molecule has 2 aliphatic rings. The van der Waals surface area contributed by atoms with Crippen molar-refractivity contribution in [2.75, 3.05) is 0 Å². The largest absolute Gasteiger partial charge is 0.218 e. The number of hydrogen-bond acceptors (Lipinski definition) is 4. The van der Waals surface area contributed by atoms with Gasteiger partial charge in [0.25, 0.3) is 0 Å². The lowest BCUT2D eigenvalue weighted by atomic mass is 9.98. The lowest BCUT2D eigenvalue weighted by Gasteiger charge is -2.04. The summed E-state index contributed by atoms with van der Waals surface area (Å²) in [5.41, 5.74) is 4.10. The van der Waals surface area contributed by atoms with E-state index in [1.54, 1.807) is 30.3 Å². The first-order valence-electron chi connectivity index (χ1n) is 8.11. The molecule has 0 unspecified atom stereocenters. The molecule has 0 radical (unpaired) electrons. The van der Waals surface area contributed by atoms with Gasteiger partial charge >= 0.3 is 0 Å². The fourth-order valence-corrected chi connectivity index (χ4v) is 7.44. The molecule has 130 valence electrons. The summed E-state index contributed by atoms with van der Waals surface area (Å²) in [6.45, 7) is 3.67. The van der Waals surface area contributed by atoms with Crippen LogP contribution in [0.1, 0.15) is 11.1 Å². The van der Waals surface area contributed by atoms with Gasteiger partial charge in [0, 0.05) is 22.3 Å². The monoisotopic (exact) mass is 382 g/mol. The molecule has 0 fully saturated rings. The Balaban J connectivity index is 1.92. The van der Waals surface area contributed by atoms with Gasteiger partial charge in [-0.3, -0.25) is 0 Å². The second kappa shape index (κ2) is 4.64. The van der Waals surface area contributed by atoms with Crippen molar-refractivity contribution in [3.8, 4) is 22.3 Å². The van der Waals surface area contributed by atoms with E-state index in [9.17, 15) is 16.8 Å². The average Bonchev–Trinajstić information content (AvgIpc) is 2.93. The van der Waals surface area contributed by atoms with Crippen LogP contribution < -0.4 is 0 Å². The van der Waals surface area contributed by atoms with Gasteiger partial charge in [-0.1, -0.05) is 24.3 Å². The molecular formula is C20H14O4S2. The molecule has 0 atom stereocenters. The SMILES string of the molecule is Cc1ccc2c(c1)S(=O)(=O)c1cc3c(cc1-2)-c1ccc(C)cc1S3(=O)=O. The van der Waals surface area contributed by atoms with Gasteiger partial charge in [-0.05, 0) is 49.2 Å². The average molecular weight is 382 g/mol. The normalized spacial score (nSPS) is 17.3. The second-order valence-electron chi connectivity index (χ2n) is 6.85. The fraction of sp³-hybridized carbons (Fsp3) is 0.100. The van der Waals surface area contributed by atoms with Crippen LogP contribution in [-0.4, -0.2) is 16.8 Å². The highest BCUT2D eigenvalue weighted by molar-refractivity contribution is 7.93. The standard InChI is InChI=1S/C20H14O4S2/c1-11-3-5-13-15-9-16-14-6-4-12(2)8-18(14)26(23,24)20(16)10-19(15)25(21,22)17(13)7-11/h3-10H,1-2H3. The van der Waals surface area contributed by atoms with Crippen LogP contribution in [-0.2, 0) is 19.7 Å². The Morgan fingerprint density at radius 2 is 0.885 bits per heavy atom. The first kappa shape index (κ1) is 15.8. The highest BCUT2D eigenvalue weighted by atomic mass is 32.2. The number of rotatable bonds is 0. The zero-order chi connectivity index (χ0) is 18.4. The highest BCUT2D eigenvalue weighted by Crippen LogP contribution is 2.51. The van der Waals surface area contributed by atoms with Crippen LogP contribution in [0.3, 0.4) is 0 Å². The van der Waals surface area contributed by atoms with Crippen molar-refractivity contribution in [1.29, 1.82) is 0 Å². The van der Waals surface area contributed by atoms with E-state index in [-0.39, 0.29) is 19.6 Å². The summed E-state index contributed by atoms with van der Waals surface area (Å²) >= 11 is 0. The van der Waals surface area contributed by atoms with Crippen molar-refractivity contribution in [1.82, 2.24) is 0 Å². The van der Waals surface area contributed by atoms with E-state index in [2.05, 4.69) is 0 Å². The van der Waals surface area contributed by atoms with Gasteiger partial charge in [-0.2, -0.15) is 0 Å². The molecule has 0 aliphatic carbocycles. The molecule has 0 aromatic heterocycles. The van der Waals surface area contributed by atoms with Crippen LogP contribution >= 0.6 is 0 Å². The van der Waals surface area contributed by atoms with Crippen LogP contribution in [0.4, 0.5) is 0 Å². The van der Waals surface area contributed by atoms with Gasteiger partial charge in [-0.15, -0.1) is 0 Å². The fourth-order valence-electron chi connectivity index (χ4n) is 3.81. The van der Waals surface area contributed by atoms with E-state index >= 15 is 0 Å². The van der Waals surface area contributed by atoms with Crippen molar-refractivity contribution < 1.29 is 16.8 Å². The van der Waals surface area contributed by atoms with Crippen LogP contribution in [0, 0.1) is 13.8 Å². The third kappa shape index (κ3) is 1.78. The molecule has 2 aliphatic heterocycles. The third-order valence-electron chi connectivity index (χ3n) is 5.09. The first-order chi connectivity index (χ1) is 12.2. The molecule has 6 heteroatoms. The molecule has 3 aromatic rings. The smallest absolute Gasteiger partial charge is 0.207 e. The lowest BCUT2D eigenvalue weighted by molar-refractivity contribution is 0.597. The number of fused-ring (bicyclic) bond motifs is 6. The molecule has 0 saturated heterocycles. The van der Waals surface area contributed by atoms with Crippen molar-refractivity contribution in [3.05, 3.63) is 59.7 Å². The molecule has 4 nitrogen and oxygen atoms in total. The van der Waals surface area contributed by atoms with Crippen molar-refractivity contribution in [3.63, 3.8) is 0 Å². The number of benzene rings is 3. The molecular weight excluding hydrogens is 368 g/mol. The molecule has 0 saturated carbocycles. The highest BCUT2D eigenvalue weighted by Gasteiger charge is 2.39. The van der Waals surface area contributed by atoms with E-state index in [0.29, 0.717) is 22.3 Å². The Labute approximate surface area is 152 Å². The summed E-state index contributed by atoms with van der Waals surface area (Å²) in [6, 6.07) is 13.6. The van der Waals surface area contributed by atoms with Crippen LogP contribution in [0.5, 0.6) is 0 Å². The van der Waals surface area contributed by atoms with Gasteiger partial charge in [-0.25, -0.2) is 16.8 Å². The Morgan fingerprint density at radius 3 is 1.31 bits per heavy atom. The van der Waals surface area contributed by atoms with Crippen molar-refractivity contribution >= 4 is 19.7 Å². The Hall–Kier alpha value is -2.44. The van der Waals surface area contributed by atoms with Crippen LogP contribution in [0.15, 0.2) is 68.1 Å². The summed E-state index contributed by atoms with van der Waals surface area (Å²) < 4.78 is 51.9. The van der Waals surface area contributed by atoms with Gasteiger partial charge < -0.3 is 0 Å². The molecule has 0 spiro atoms. The van der Waals surface area contributed by atoms with E-state index in [4.69, 9.17) is 0 Å². The Morgan fingerprint density at radius 1 is 0.500 bits per heavy atom. The van der Waals surface area contributed by atoms with Crippen LogP contribution in [0.2, 0.25) is 0 Å². The lowest BCUT2D eigenvalue weighted by Crippen LogP contribution is -2.01. The maximum Gasteiger partial charge on any atom is 0.207 e. The second-order valence-corrected chi connectivity index (χ2v) is 10.6. The zero-order valence-corrected chi connectivity index (χ0v) is 15.7. The van der Waals surface area contributed by atoms with E-state index < -0.39 is 19.7 Å². The minimum atomic E-state index is -3.72. The van der Waals surface area contributed by atoms with E-state index in [1.807, 2.05) is 26.0 Å². The maximum atomic E-state index is 13.0. The van der Waals surface area contributed by atoms with Crippen LogP contribution in [0.25, 0.3) is 22.3 Å². The quantitative estimate of drug-likeness (QED) is 0.407. The predicted molar refractivity (Wildman–Crippen MR) is 97.7 cm³/mol. The number of sulfone groups is 2. The summed E-state index contributed by atoms with van der Waals surface area (Å²) in [7, 11) is -7.44. The third-order valence-corrected chi connectivity index (χ3v) is 8.76. The Bertz CT molecular complexity index is 1260. The molecule has 26 heavy (non-hydrogen) atoms. The van der Waals surface area contributed by atoms with Crippen molar-refractivity contribution in [2.45, 2.75) is 33.4 Å². The molecule has 0 N–H and O–H groups in total. The van der Waals surface area contributed by atoms with Crippen molar-refractivity contribution in [2.24, 2.45) is 0 Å². The Kier molecular flexibility index (Phi) is 2.81. The summed E-state index contributed by atoms with van der Waals surface area (Å²) in [5.74, 6) is 0. The van der Waals surface area contributed by atoms with E-state index in [1.165, 1.54) is 6.07 Å². The zero-order valence-electron chi connectivity index (χ0n) is 14.1. The summed E-state index contributed by atoms with van der Waals surface area (Å²) in [5, 5.41) is 0. The van der Waals surface area contributed by atoms with Gasteiger partial charge in [0.05, 0.1) is 19.6 Å². The molecule has 0 amide bonds. The number of hydrogen-bond donors (Lipinski definition) is 0. The summed E-state index contributed by atoms with van der Waals surface area (Å²) in [4.78, 5) is 0.644. The molecule has 2 heterocycles. The summed E-state index contributed by atoms with van der Waals surface area (Å²) in [6.07, 6.45) is 0. The molecule has 5 rings (SSSR count). The predicted octanol–water partition coefficient (Wildman–Crippen LogP) is 3.93. The maximum absolute atomic E-state index is 13.0. The number of aryl methyl sites for hydroxylation is 2. The van der Waals surface area contributed by atoms with E-state index in [0.717, 1.165) is 11.1 Å². The van der Waals surface area contributed by atoms with Gasteiger partial charge in [0.15, 0.2) is 0 Å². The van der Waals surface area contributed by atoms with Gasteiger partial charge in [0.1, 0.15) is 0 Å². The molecule has 3 aromatic carbocycles. The van der Waals surface area contributed by atoms with Gasteiger partial charge in [0.2, 0.25) is 19.7 Å². The molecule has 0 bridgehead atoms. The minimum absolute atomic E-state index is 0.0740. The topological polar surface area (TPSA) is 68.3 Å². The first-order valence-corrected chi connectivity index (χ1v) is 11.1. The minimum Gasteiger partial charge on any atom is -0.218 e.